The van der Waals surface area contributed by atoms with Gasteiger partial charge in [0.1, 0.15) is 0 Å². The summed E-state index contributed by atoms with van der Waals surface area (Å²) in [6, 6.07) is 7.48. The number of benzene rings is 1. The number of carbonyl (C=O) groups excluding carboxylic acids is 1. The zero-order chi connectivity index (χ0) is 13.2. The van der Waals surface area contributed by atoms with Gasteiger partial charge in [-0.1, -0.05) is 23.8 Å². The molecule has 1 atom stereocenters. The molecule has 1 N–H and O–H groups in total. The van der Waals surface area contributed by atoms with Crippen LogP contribution in [0.15, 0.2) is 35.7 Å². The molecule has 1 aliphatic rings. The predicted octanol–water partition coefficient (Wildman–Crippen LogP) is 1.88. The Kier molecular flexibility index (Phi) is 3.52. The Hall–Kier alpha value is -1.62. The van der Waals surface area contributed by atoms with Crippen molar-refractivity contribution in [3.8, 4) is 0 Å². The van der Waals surface area contributed by atoms with E-state index in [4.69, 9.17) is 0 Å². The summed E-state index contributed by atoms with van der Waals surface area (Å²) >= 11 is 0. The van der Waals surface area contributed by atoms with Gasteiger partial charge in [0, 0.05) is 23.4 Å². The second-order valence-corrected chi connectivity index (χ2v) is 6.47. The quantitative estimate of drug-likeness (QED) is 0.907. The second-order valence-electron chi connectivity index (χ2n) is 4.54. The van der Waals surface area contributed by atoms with Gasteiger partial charge in [0.05, 0.1) is 5.75 Å². The molecule has 1 heterocycles. The van der Waals surface area contributed by atoms with E-state index in [9.17, 15) is 13.2 Å². The van der Waals surface area contributed by atoms with Gasteiger partial charge < -0.3 is 5.32 Å². The number of hydrogen-bond acceptors (Lipinski definition) is 3. The SMILES string of the molecule is Cc1ccc(NC(=O)C[C@H]2C=CS(=O)(=O)C2)cc1. The number of hydrogen-bond donors (Lipinski definition) is 1. The Morgan fingerprint density at radius 3 is 2.56 bits per heavy atom. The van der Waals surface area contributed by atoms with Crippen LogP contribution in [0, 0.1) is 12.8 Å². The molecule has 0 fully saturated rings. The molecule has 0 unspecified atom stereocenters. The number of amides is 1. The zero-order valence-electron chi connectivity index (χ0n) is 10.1. The lowest BCUT2D eigenvalue weighted by atomic mass is 10.1. The zero-order valence-corrected chi connectivity index (χ0v) is 10.9. The largest absolute Gasteiger partial charge is 0.326 e. The fourth-order valence-electron chi connectivity index (χ4n) is 1.85. The average molecular weight is 265 g/mol. The average Bonchev–Trinajstić information content (AvgIpc) is 2.61. The van der Waals surface area contributed by atoms with Crippen LogP contribution >= 0.6 is 0 Å². The van der Waals surface area contributed by atoms with E-state index in [1.807, 2.05) is 31.2 Å². The Morgan fingerprint density at radius 1 is 1.33 bits per heavy atom. The Balaban J connectivity index is 1.90. The number of sulfone groups is 1. The van der Waals surface area contributed by atoms with Crippen molar-refractivity contribution >= 4 is 21.4 Å². The van der Waals surface area contributed by atoms with Crippen molar-refractivity contribution in [3.63, 3.8) is 0 Å². The van der Waals surface area contributed by atoms with Gasteiger partial charge in [0.25, 0.3) is 0 Å². The summed E-state index contributed by atoms with van der Waals surface area (Å²) in [5.74, 6) is -0.333. The van der Waals surface area contributed by atoms with E-state index in [0.29, 0.717) is 0 Å². The van der Waals surface area contributed by atoms with Crippen molar-refractivity contribution in [2.45, 2.75) is 13.3 Å². The van der Waals surface area contributed by atoms with Crippen molar-refractivity contribution in [1.29, 1.82) is 0 Å². The monoisotopic (exact) mass is 265 g/mol. The van der Waals surface area contributed by atoms with E-state index >= 15 is 0 Å². The van der Waals surface area contributed by atoms with E-state index in [1.54, 1.807) is 6.08 Å². The van der Waals surface area contributed by atoms with E-state index in [0.717, 1.165) is 11.3 Å². The van der Waals surface area contributed by atoms with Gasteiger partial charge in [-0.2, -0.15) is 0 Å². The van der Waals surface area contributed by atoms with Crippen molar-refractivity contribution < 1.29 is 13.2 Å². The topological polar surface area (TPSA) is 63.2 Å². The number of allylic oxidation sites excluding steroid dienone is 1. The minimum absolute atomic E-state index is 0.0360. The summed E-state index contributed by atoms with van der Waals surface area (Å²) < 4.78 is 22.4. The fourth-order valence-corrected chi connectivity index (χ4v) is 3.25. The summed E-state index contributed by atoms with van der Waals surface area (Å²) in [6.45, 7) is 1.97. The highest BCUT2D eigenvalue weighted by Crippen LogP contribution is 2.19. The molecule has 0 saturated carbocycles. The van der Waals surface area contributed by atoms with Crippen LogP contribution in [0.4, 0.5) is 5.69 Å². The number of aryl methyl sites for hydroxylation is 1. The van der Waals surface area contributed by atoms with Crippen LogP contribution < -0.4 is 5.32 Å². The molecule has 1 aliphatic heterocycles. The Labute approximate surface area is 107 Å². The lowest BCUT2D eigenvalue weighted by molar-refractivity contribution is -0.116. The van der Waals surface area contributed by atoms with Crippen LogP contribution in [0.25, 0.3) is 0 Å². The normalized spacial score (nSPS) is 20.8. The molecule has 5 heteroatoms. The molecule has 18 heavy (non-hydrogen) atoms. The second kappa shape index (κ2) is 4.94. The number of anilines is 1. The smallest absolute Gasteiger partial charge is 0.224 e. The van der Waals surface area contributed by atoms with Crippen LogP contribution in [0.1, 0.15) is 12.0 Å². The first kappa shape index (κ1) is 12.8. The molecule has 2 rings (SSSR count). The van der Waals surface area contributed by atoms with Crippen LogP contribution in [-0.4, -0.2) is 20.1 Å². The van der Waals surface area contributed by atoms with Gasteiger partial charge in [-0.05, 0) is 19.1 Å². The highest BCUT2D eigenvalue weighted by Gasteiger charge is 2.23. The Bertz CT molecular complexity index is 573. The standard InChI is InChI=1S/C13H15NO3S/c1-10-2-4-12(5-3-10)14-13(15)8-11-6-7-18(16,17)9-11/h2-7,11H,8-9H2,1H3,(H,14,15)/t11-/m1/s1. The van der Waals surface area contributed by atoms with Crippen LogP contribution in [0.2, 0.25) is 0 Å². The minimum atomic E-state index is -3.08. The summed E-state index contributed by atoms with van der Waals surface area (Å²) in [7, 11) is -3.08. The minimum Gasteiger partial charge on any atom is -0.326 e. The summed E-state index contributed by atoms with van der Waals surface area (Å²) in [5, 5.41) is 3.95. The van der Waals surface area contributed by atoms with Gasteiger partial charge in [0.2, 0.25) is 5.91 Å². The molecule has 0 aromatic heterocycles. The van der Waals surface area contributed by atoms with E-state index in [1.165, 1.54) is 5.41 Å². The van der Waals surface area contributed by atoms with Crippen LogP contribution in [-0.2, 0) is 14.6 Å². The highest BCUT2D eigenvalue weighted by atomic mass is 32.2. The predicted molar refractivity (Wildman–Crippen MR) is 70.8 cm³/mol. The lowest BCUT2D eigenvalue weighted by Crippen LogP contribution is -2.17. The molecule has 96 valence electrons. The molecule has 0 bridgehead atoms. The van der Waals surface area contributed by atoms with E-state index in [-0.39, 0.29) is 24.0 Å². The first-order chi connectivity index (χ1) is 8.44. The van der Waals surface area contributed by atoms with Gasteiger partial charge in [-0.25, -0.2) is 8.42 Å². The maximum atomic E-state index is 11.7. The molecule has 0 aliphatic carbocycles. The number of rotatable bonds is 3. The van der Waals surface area contributed by atoms with E-state index < -0.39 is 9.84 Å². The van der Waals surface area contributed by atoms with Crippen molar-refractivity contribution in [3.05, 3.63) is 41.3 Å². The van der Waals surface area contributed by atoms with Crippen molar-refractivity contribution in [2.24, 2.45) is 5.92 Å². The maximum Gasteiger partial charge on any atom is 0.224 e. The highest BCUT2D eigenvalue weighted by molar-refractivity contribution is 7.94. The van der Waals surface area contributed by atoms with E-state index in [2.05, 4.69) is 5.32 Å². The molecule has 0 spiro atoms. The molecule has 1 aromatic rings. The van der Waals surface area contributed by atoms with Gasteiger partial charge in [-0.3, -0.25) is 4.79 Å². The van der Waals surface area contributed by atoms with Gasteiger partial charge in [-0.15, -0.1) is 0 Å². The molecule has 0 saturated heterocycles. The summed E-state index contributed by atoms with van der Waals surface area (Å²) in [4.78, 5) is 11.7. The molecular weight excluding hydrogens is 250 g/mol. The van der Waals surface area contributed by atoms with Crippen molar-refractivity contribution in [1.82, 2.24) is 0 Å². The summed E-state index contributed by atoms with van der Waals surface area (Å²) in [6.07, 6.45) is 1.79. The molecule has 1 amide bonds. The fraction of sp³-hybridized carbons (Fsp3) is 0.308. The Morgan fingerprint density at radius 2 is 2.00 bits per heavy atom. The first-order valence-corrected chi connectivity index (χ1v) is 7.44. The first-order valence-electron chi connectivity index (χ1n) is 5.72. The van der Waals surface area contributed by atoms with Crippen LogP contribution in [0.5, 0.6) is 0 Å². The molecule has 4 nitrogen and oxygen atoms in total. The third kappa shape index (κ3) is 3.43. The third-order valence-electron chi connectivity index (χ3n) is 2.79. The number of carbonyl (C=O) groups is 1. The third-order valence-corrected chi connectivity index (χ3v) is 4.25. The van der Waals surface area contributed by atoms with Gasteiger partial charge in [0.15, 0.2) is 9.84 Å². The lowest BCUT2D eigenvalue weighted by Gasteiger charge is -2.08. The van der Waals surface area contributed by atoms with Gasteiger partial charge >= 0.3 is 0 Å². The van der Waals surface area contributed by atoms with Crippen LogP contribution in [0.3, 0.4) is 0 Å². The molecular formula is C13H15NO3S. The summed E-state index contributed by atoms with van der Waals surface area (Å²) in [5.41, 5.74) is 1.85. The van der Waals surface area contributed by atoms with Crippen molar-refractivity contribution in [2.75, 3.05) is 11.1 Å². The number of nitrogens with one attached hydrogen (secondary N) is 1. The molecule has 0 radical (unpaired) electrons. The maximum absolute atomic E-state index is 11.7. The molecule has 1 aromatic carbocycles.